The highest BCUT2D eigenvalue weighted by atomic mass is 16.3. The predicted molar refractivity (Wildman–Crippen MR) is 73.0 cm³/mol. The van der Waals surface area contributed by atoms with Gasteiger partial charge in [-0.15, -0.1) is 0 Å². The lowest BCUT2D eigenvalue weighted by atomic mass is 9.85. The first-order chi connectivity index (χ1) is 8.30. The van der Waals surface area contributed by atoms with E-state index >= 15 is 0 Å². The smallest absolute Gasteiger partial charge is 0.221 e. The zero-order valence-electron chi connectivity index (χ0n) is 11.9. The monoisotopic (exact) mass is 256 g/mol. The molecule has 1 saturated carbocycles. The Morgan fingerprint density at radius 3 is 2.56 bits per heavy atom. The van der Waals surface area contributed by atoms with Crippen LogP contribution >= 0.6 is 0 Å². The first-order valence-electron chi connectivity index (χ1n) is 7.01. The SMILES string of the molecule is CC(C)(C)C(N)CC(=O)NCC1CCCCC1O. The molecular weight excluding hydrogens is 228 g/mol. The molecule has 0 bridgehead atoms. The van der Waals surface area contributed by atoms with E-state index in [-0.39, 0.29) is 29.4 Å². The summed E-state index contributed by atoms with van der Waals surface area (Å²) in [6, 6.07) is -0.131. The third-order valence-electron chi connectivity index (χ3n) is 3.95. The Hall–Kier alpha value is -0.610. The Labute approximate surface area is 110 Å². The van der Waals surface area contributed by atoms with Crippen molar-refractivity contribution in [1.29, 1.82) is 0 Å². The van der Waals surface area contributed by atoms with Crippen LogP contribution in [0.25, 0.3) is 0 Å². The van der Waals surface area contributed by atoms with Crippen molar-refractivity contribution in [2.45, 2.75) is 65.0 Å². The van der Waals surface area contributed by atoms with Gasteiger partial charge < -0.3 is 16.2 Å². The van der Waals surface area contributed by atoms with E-state index in [9.17, 15) is 9.90 Å². The third kappa shape index (κ3) is 4.94. The molecule has 4 heteroatoms. The summed E-state index contributed by atoms with van der Waals surface area (Å²) in [7, 11) is 0. The van der Waals surface area contributed by atoms with Crippen LogP contribution < -0.4 is 11.1 Å². The number of aliphatic hydroxyl groups is 1. The average Bonchev–Trinajstić information content (AvgIpc) is 2.26. The van der Waals surface area contributed by atoms with Crippen molar-refractivity contribution in [2.75, 3.05) is 6.54 Å². The second-order valence-electron chi connectivity index (χ2n) is 6.59. The van der Waals surface area contributed by atoms with Crippen molar-refractivity contribution in [3.05, 3.63) is 0 Å². The molecule has 106 valence electrons. The number of hydrogen-bond acceptors (Lipinski definition) is 3. The van der Waals surface area contributed by atoms with Gasteiger partial charge >= 0.3 is 0 Å². The van der Waals surface area contributed by atoms with Gasteiger partial charge in [-0.05, 0) is 18.3 Å². The zero-order chi connectivity index (χ0) is 13.8. The summed E-state index contributed by atoms with van der Waals surface area (Å²) in [5, 5.41) is 12.7. The Morgan fingerprint density at radius 2 is 2.00 bits per heavy atom. The second-order valence-corrected chi connectivity index (χ2v) is 6.59. The van der Waals surface area contributed by atoms with E-state index in [1.165, 1.54) is 0 Å². The van der Waals surface area contributed by atoms with E-state index in [1.807, 2.05) is 20.8 Å². The molecule has 1 aliphatic carbocycles. The molecule has 1 rings (SSSR count). The number of rotatable bonds is 4. The van der Waals surface area contributed by atoms with Crippen molar-refractivity contribution >= 4 is 5.91 Å². The summed E-state index contributed by atoms with van der Waals surface area (Å²) in [5.41, 5.74) is 5.92. The minimum Gasteiger partial charge on any atom is -0.393 e. The van der Waals surface area contributed by atoms with Gasteiger partial charge in [0, 0.05) is 24.9 Å². The van der Waals surface area contributed by atoms with Gasteiger partial charge in [0.1, 0.15) is 0 Å². The third-order valence-corrected chi connectivity index (χ3v) is 3.95. The first-order valence-corrected chi connectivity index (χ1v) is 7.01. The van der Waals surface area contributed by atoms with E-state index in [0.29, 0.717) is 13.0 Å². The number of carbonyl (C=O) groups is 1. The van der Waals surface area contributed by atoms with Crippen LogP contribution in [-0.4, -0.2) is 29.7 Å². The first kappa shape index (κ1) is 15.4. The highest BCUT2D eigenvalue weighted by Gasteiger charge is 2.25. The number of nitrogens with two attached hydrogens (primary N) is 1. The van der Waals surface area contributed by atoms with Gasteiger partial charge in [-0.25, -0.2) is 0 Å². The van der Waals surface area contributed by atoms with Gasteiger partial charge in [-0.1, -0.05) is 33.6 Å². The maximum absolute atomic E-state index is 11.8. The molecule has 0 aromatic rings. The molecule has 1 fully saturated rings. The second kappa shape index (κ2) is 6.53. The normalized spacial score (nSPS) is 26.7. The summed E-state index contributed by atoms with van der Waals surface area (Å²) < 4.78 is 0. The van der Waals surface area contributed by atoms with E-state index in [1.54, 1.807) is 0 Å². The summed E-state index contributed by atoms with van der Waals surface area (Å²) >= 11 is 0. The fourth-order valence-electron chi connectivity index (χ4n) is 2.25. The quantitative estimate of drug-likeness (QED) is 0.712. The molecule has 18 heavy (non-hydrogen) atoms. The molecule has 0 aliphatic heterocycles. The minimum atomic E-state index is -0.254. The van der Waals surface area contributed by atoms with Crippen LogP contribution in [0.15, 0.2) is 0 Å². The average molecular weight is 256 g/mol. The number of carbonyl (C=O) groups excluding carboxylic acids is 1. The molecule has 4 N–H and O–H groups in total. The van der Waals surface area contributed by atoms with Crippen molar-refractivity contribution in [3.8, 4) is 0 Å². The van der Waals surface area contributed by atoms with Gasteiger partial charge in [0.2, 0.25) is 5.91 Å². The van der Waals surface area contributed by atoms with Gasteiger partial charge in [0.05, 0.1) is 6.10 Å². The lowest BCUT2D eigenvalue weighted by Crippen LogP contribution is -2.42. The van der Waals surface area contributed by atoms with Crippen LogP contribution in [0.1, 0.15) is 52.9 Å². The number of hydrogen-bond donors (Lipinski definition) is 3. The highest BCUT2D eigenvalue weighted by molar-refractivity contribution is 5.76. The summed E-state index contributed by atoms with van der Waals surface area (Å²) in [6.07, 6.45) is 4.22. The van der Waals surface area contributed by atoms with E-state index < -0.39 is 0 Å². The molecule has 0 saturated heterocycles. The van der Waals surface area contributed by atoms with Gasteiger partial charge in [0.15, 0.2) is 0 Å². The van der Waals surface area contributed by atoms with E-state index in [2.05, 4.69) is 5.32 Å². The molecule has 3 unspecified atom stereocenters. The molecule has 1 amide bonds. The lowest BCUT2D eigenvalue weighted by Gasteiger charge is -2.29. The van der Waals surface area contributed by atoms with E-state index in [4.69, 9.17) is 5.73 Å². The van der Waals surface area contributed by atoms with Crippen LogP contribution in [0.2, 0.25) is 0 Å². The van der Waals surface area contributed by atoms with E-state index in [0.717, 1.165) is 25.7 Å². The van der Waals surface area contributed by atoms with Crippen molar-refractivity contribution < 1.29 is 9.90 Å². The fraction of sp³-hybridized carbons (Fsp3) is 0.929. The molecule has 0 heterocycles. The van der Waals surface area contributed by atoms with Crippen LogP contribution in [0.4, 0.5) is 0 Å². The Balaban J connectivity index is 2.28. The van der Waals surface area contributed by atoms with Crippen LogP contribution in [0.3, 0.4) is 0 Å². The highest BCUT2D eigenvalue weighted by Crippen LogP contribution is 2.24. The summed E-state index contributed by atoms with van der Waals surface area (Å²) in [5.74, 6) is 0.212. The molecule has 0 radical (unpaired) electrons. The molecular formula is C14H28N2O2. The van der Waals surface area contributed by atoms with Gasteiger partial charge in [0.25, 0.3) is 0 Å². The maximum atomic E-state index is 11.8. The largest absolute Gasteiger partial charge is 0.393 e. The van der Waals surface area contributed by atoms with Crippen LogP contribution in [-0.2, 0) is 4.79 Å². The Kier molecular flexibility index (Phi) is 5.60. The molecule has 0 aromatic heterocycles. The molecule has 4 nitrogen and oxygen atoms in total. The fourth-order valence-corrected chi connectivity index (χ4v) is 2.25. The molecule has 0 aromatic carbocycles. The van der Waals surface area contributed by atoms with Gasteiger partial charge in [-0.2, -0.15) is 0 Å². The number of nitrogens with one attached hydrogen (secondary N) is 1. The lowest BCUT2D eigenvalue weighted by molar-refractivity contribution is -0.122. The summed E-state index contributed by atoms with van der Waals surface area (Å²) in [6.45, 7) is 6.69. The zero-order valence-corrected chi connectivity index (χ0v) is 11.9. The van der Waals surface area contributed by atoms with Crippen LogP contribution in [0.5, 0.6) is 0 Å². The molecule has 1 aliphatic rings. The molecule has 0 spiro atoms. The van der Waals surface area contributed by atoms with Crippen molar-refractivity contribution in [2.24, 2.45) is 17.1 Å². The Morgan fingerprint density at radius 1 is 1.39 bits per heavy atom. The minimum absolute atomic E-state index is 0.00445. The topological polar surface area (TPSA) is 75.4 Å². The van der Waals surface area contributed by atoms with Crippen molar-refractivity contribution in [3.63, 3.8) is 0 Å². The predicted octanol–water partition coefficient (Wildman–Crippen LogP) is 1.42. The summed E-state index contributed by atoms with van der Waals surface area (Å²) in [4.78, 5) is 11.8. The number of aliphatic hydroxyl groups excluding tert-OH is 1. The van der Waals surface area contributed by atoms with Crippen LogP contribution in [0, 0.1) is 11.3 Å². The maximum Gasteiger partial charge on any atom is 0.221 e. The van der Waals surface area contributed by atoms with Gasteiger partial charge in [-0.3, -0.25) is 4.79 Å². The molecule has 3 atom stereocenters. The Bertz CT molecular complexity index is 273. The van der Waals surface area contributed by atoms with Crippen molar-refractivity contribution in [1.82, 2.24) is 5.32 Å². The standard InChI is InChI=1S/C14H28N2O2/c1-14(2,3)12(15)8-13(18)16-9-10-6-4-5-7-11(10)17/h10-12,17H,4-9,15H2,1-3H3,(H,16,18). The number of amides is 1.